The summed E-state index contributed by atoms with van der Waals surface area (Å²) in [5.74, 6) is 1.24. The lowest BCUT2D eigenvalue weighted by Crippen LogP contribution is -2.23. The van der Waals surface area contributed by atoms with Crippen molar-refractivity contribution in [3.8, 4) is 0 Å². The Morgan fingerprint density at radius 2 is 2.29 bits per heavy atom. The van der Waals surface area contributed by atoms with Crippen molar-refractivity contribution in [3.05, 3.63) is 29.3 Å². The van der Waals surface area contributed by atoms with Crippen molar-refractivity contribution in [2.24, 2.45) is 5.73 Å². The summed E-state index contributed by atoms with van der Waals surface area (Å²) >= 11 is 1.99. The standard InChI is InChI=1S/C12H15NS/c1-8-2-3-10-9(6-8)12(4-5-14-10)7-11(12)13/h2-3,6,11H,4-5,7,13H2,1H3. The van der Waals surface area contributed by atoms with E-state index in [0.29, 0.717) is 11.5 Å². The van der Waals surface area contributed by atoms with Gasteiger partial charge in [0.1, 0.15) is 0 Å². The first-order chi connectivity index (χ1) is 6.72. The first kappa shape index (κ1) is 8.81. The van der Waals surface area contributed by atoms with Crippen LogP contribution in [0.15, 0.2) is 23.1 Å². The van der Waals surface area contributed by atoms with Crippen molar-refractivity contribution >= 4 is 11.8 Å². The minimum Gasteiger partial charge on any atom is -0.327 e. The first-order valence-corrected chi connectivity index (χ1v) is 6.20. The van der Waals surface area contributed by atoms with Crippen LogP contribution in [0, 0.1) is 6.92 Å². The second-order valence-corrected chi connectivity index (χ2v) is 5.70. The zero-order chi connectivity index (χ0) is 9.76. The summed E-state index contributed by atoms with van der Waals surface area (Å²) in [6.45, 7) is 2.17. The molecule has 0 amide bonds. The lowest BCUT2D eigenvalue weighted by Gasteiger charge is -2.25. The van der Waals surface area contributed by atoms with Gasteiger partial charge in [0.25, 0.3) is 0 Å². The number of rotatable bonds is 0. The molecule has 74 valence electrons. The van der Waals surface area contributed by atoms with Crippen molar-refractivity contribution < 1.29 is 0 Å². The number of hydrogen-bond acceptors (Lipinski definition) is 2. The third-order valence-corrected chi connectivity index (χ3v) is 4.69. The molecule has 2 atom stereocenters. The number of aryl methyl sites for hydroxylation is 1. The Hall–Kier alpha value is -0.470. The predicted molar refractivity (Wildman–Crippen MR) is 60.8 cm³/mol. The third-order valence-electron chi connectivity index (χ3n) is 3.61. The van der Waals surface area contributed by atoms with E-state index >= 15 is 0 Å². The van der Waals surface area contributed by atoms with Gasteiger partial charge in [0.05, 0.1) is 0 Å². The SMILES string of the molecule is Cc1ccc2c(c1)C1(CCS2)CC1N. The molecule has 2 heteroatoms. The molecule has 1 aromatic rings. The third kappa shape index (κ3) is 1.07. The van der Waals surface area contributed by atoms with Crippen LogP contribution in [0.2, 0.25) is 0 Å². The molecule has 0 aromatic heterocycles. The van der Waals surface area contributed by atoms with Crippen molar-refractivity contribution in [1.29, 1.82) is 0 Å². The highest BCUT2D eigenvalue weighted by Crippen LogP contribution is 2.56. The molecule has 3 rings (SSSR count). The van der Waals surface area contributed by atoms with Gasteiger partial charge in [-0.25, -0.2) is 0 Å². The summed E-state index contributed by atoms with van der Waals surface area (Å²) in [6, 6.07) is 7.23. The Balaban J connectivity index is 2.14. The molecule has 0 saturated heterocycles. The molecule has 1 fully saturated rings. The molecule has 1 spiro atoms. The molecule has 1 aromatic carbocycles. The van der Waals surface area contributed by atoms with Crippen LogP contribution in [0.5, 0.6) is 0 Å². The Labute approximate surface area is 89.1 Å². The van der Waals surface area contributed by atoms with E-state index in [9.17, 15) is 0 Å². The molecule has 1 saturated carbocycles. The van der Waals surface area contributed by atoms with E-state index in [0.717, 1.165) is 0 Å². The number of benzene rings is 1. The molecule has 1 aliphatic carbocycles. The predicted octanol–water partition coefficient (Wildman–Crippen LogP) is 2.46. The van der Waals surface area contributed by atoms with E-state index < -0.39 is 0 Å². The lowest BCUT2D eigenvalue weighted by molar-refractivity contribution is 0.618. The van der Waals surface area contributed by atoms with Gasteiger partial charge in [-0.3, -0.25) is 0 Å². The highest BCUT2D eigenvalue weighted by molar-refractivity contribution is 7.99. The molecule has 14 heavy (non-hydrogen) atoms. The fraction of sp³-hybridized carbons (Fsp3) is 0.500. The number of fused-ring (bicyclic) bond motifs is 2. The van der Waals surface area contributed by atoms with Gasteiger partial charge in [-0.1, -0.05) is 17.7 Å². The van der Waals surface area contributed by atoms with E-state index in [1.807, 2.05) is 11.8 Å². The summed E-state index contributed by atoms with van der Waals surface area (Å²) in [5.41, 5.74) is 9.35. The van der Waals surface area contributed by atoms with Crippen molar-refractivity contribution in [2.45, 2.75) is 36.1 Å². The van der Waals surface area contributed by atoms with Gasteiger partial charge in [-0.2, -0.15) is 0 Å². The largest absolute Gasteiger partial charge is 0.327 e. The Bertz CT molecular complexity index is 388. The van der Waals surface area contributed by atoms with Crippen molar-refractivity contribution in [1.82, 2.24) is 0 Å². The quantitative estimate of drug-likeness (QED) is 0.704. The fourth-order valence-corrected chi connectivity index (χ4v) is 3.84. The zero-order valence-corrected chi connectivity index (χ0v) is 9.23. The number of thioether (sulfide) groups is 1. The number of nitrogens with two attached hydrogens (primary N) is 1. The van der Waals surface area contributed by atoms with Crippen LogP contribution in [0.3, 0.4) is 0 Å². The van der Waals surface area contributed by atoms with Gasteiger partial charge in [0.15, 0.2) is 0 Å². The Morgan fingerprint density at radius 1 is 1.50 bits per heavy atom. The smallest absolute Gasteiger partial charge is 0.0147 e. The van der Waals surface area contributed by atoms with Crippen LogP contribution >= 0.6 is 11.8 Å². The molecule has 0 bridgehead atoms. The van der Waals surface area contributed by atoms with Crippen molar-refractivity contribution in [3.63, 3.8) is 0 Å². The van der Waals surface area contributed by atoms with Crippen LogP contribution in [0.4, 0.5) is 0 Å². The topological polar surface area (TPSA) is 26.0 Å². The zero-order valence-electron chi connectivity index (χ0n) is 8.42. The van der Waals surface area contributed by atoms with Gasteiger partial charge < -0.3 is 5.73 Å². The fourth-order valence-electron chi connectivity index (χ4n) is 2.57. The summed E-state index contributed by atoms with van der Waals surface area (Å²) in [4.78, 5) is 1.47. The van der Waals surface area contributed by atoms with Gasteiger partial charge in [0.2, 0.25) is 0 Å². The molecule has 0 radical (unpaired) electrons. The second kappa shape index (κ2) is 2.77. The maximum absolute atomic E-state index is 6.09. The van der Waals surface area contributed by atoms with Crippen LogP contribution in [0.1, 0.15) is 24.0 Å². The van der Waals surface area contributed by atoms with E-state index in [4.69, 9.17) is 5.73 Å². The maximum Gasteiger partial charge on any atom is 0.0147 e. The Kier molecular flexibility index (Phi) is 1.74. The van der Waals surface area contributed by atoms with Crippen LogP contribution in [-0.2, 0) is 5.41 Å². The van der Waals surface area contributed by atoms with Gasteiger partial charge in [-0.05, 0) is 37.1 Å². The lowest BCUT2D eigenvalue weighted by atomic mass is 9.90. The molecule has 1 heterocycles. The molecular formula is C12H15NS. The molecule has 1 nitrogen and oxygen atoms in total. The number of hydrogen-bond donors (Lipinski definition) is 1. The van der Waals surface area contributed by atoms with Gasteiger partial charge in [-0.15, -0.1) is 11.8 Å². The van der Waals surface area contributed by atoms with E-state index in [1.165, 1.54) is 34.6 Å². The van der Waals surface area contributed by atoms with E-state index in [-0.39, 0.29) is 0 Å². The highest BCUT2D eigenvalue weighted by atomic mass is 32.2. The summed E-state index contributed by atoms with van der Waals surface area (Å²) in [7, 11) is 0. The maximum atomic E-state index is 6.09. The van der Waals surface area contributed by atoms with Crippen LogP contribution < -0.4 is 5.73 Å². The van der Waals surface area contributed by atoms with Gasteiger partial charge >= 0.3 is 0 Å². The first-order valence-electron chi connectivity index (χ1n) is 5.22. The monoisotopic (exact) mass is 205 g/mol. The molecular weight excluding hydrogens is 190 g/mol. The summed E-state index contributed by atoms with van der Waals surface area (Å²) < 4.78 is 0. The van der Waals surface area contributed by atoms with Crippen LogP contribution in [0.25, 0.3) is 0 Å². The average Bonchev–Trinajstić information content (AvgIpc) is 2.80. The normalized spacial score (nSPS) is 34.3. The minimum absolute atomic E-state index is 0.368. The molecule has 1 aliphatic heterocycles. The average molecular weight is 205 g/mol. The minimum atomic E-state index is 0.368. The van der Waals surface area contributed by atoms with E-state index in [1.54, 1.807) is 0 Å². The highest BCUT2D eigenvalue weighted by Gasteiger charge is 2.54. The summed E-state index contributed by atoms with van der Waals surface area (Å²) in [6.07, 6.45) is 2.47. The molecule has 2 unspecified atom stereocenters. The summed E-state index contributed by atoms with van der Waals surface area (Å²) in [5, 5.41) is 0. The van der Waals surface area contributed by atoms with E-state index in [2.05, 4.69) is 25.1 Å². The molecule has 2 N–H and O–H groups in total. The van der Waals surface area contributed by atoms with Gasteiger partial charge in [0, 0.05) is 16.4 Å². The van der Waals surface area contributed by atoms with Crippen LogP contribution in [-0.4, -0.2) is 11.8 Å². The Morgan fingerprint density at radius 3 is 3.00 bits per heavy atom. The molecule has 2 aliphatic rings. The second-order valence-electron chi connectivity index (χ2n) is 4.56. The van der Waals surface area contributed by atoms with Crippen molar-refractivity contribution in [2.75, 3.05) is 5.75 Å².